The van der Waals surface area contributed by atoms with Crippen LogP contribution in [0.3, 0.4) is 0 Å². The van der Waals surface area contributed by atoms with Crippen LogP contribution in [0.25, 0.3) is 0 Å². The Hall–Kier alpha value is -7.56. The van der Waals surface area contributed by atoms with Gasteiger partial charge in [0.1, 0.15) is 6.04 Å². The summed E-state index contributed by atoms with van der Waals surface area (Å²) in [7, 11) is 0. The lowest BCUT2D eigenvalue weighted by atomic mass is 10.1. The first-order valence-electron chi connectivity index (χ1n) is 22.4. The number of hydrogen-bond acceptors (Lipinski definition) is 21. The largest absolute Gasteiger partial charge is 0.772 e. The second-order valence-corrected chi connectivity index (χ2v) is 16.2. The van der Waals surface area contributed by atoms with Gasteiger partial charge in [0.15, 0.2) is 11.6 Å². The lowest BCUT2D eigenvalue weighted by Gasteiger charge is -2.17. The van der Waals surface area contributed by atoms with Crippen molar-refractivity contribution < 1.29 is 99.6 Å². The maximum Gasteiger partial charge on any atom is 0.309 e. The Morgan fingerprint density at radius 1 is 0.527 bits per heavy atom. The Kier molecular flexibility index (Phi) is 32.4. The van der Waals surface area contributed by atoms with Gasteiger partial charge in [0.2, 0.25) is 77.0 Å². The molecule has 414 valence electrons. The molecule has 0 aromatic carbocycles. The number of esters is 1. The Labute approximate surface area is 424 Å². The van der Waals surface area contributed by atoms with Gasteiger partial charge in [-0.05, 0) is 17.5 Å². The number of primary amides is 1. The van der Waals surface area contributed by atoms with Crippen molar-refractivity contribution in [2.75, 3.05) is 105 Å². The fourth-order valence-electron chi connectivity index (χ4n) is 5.36. The molecule has 34 heteroatoms. The molecule has 4 atom stereocenters. The molecule has 0 saturated heterocycles. The van der Waals surface area contributed by atoms with Gasteiger partial charge in [-0.1, -0.05) is 13.3 Å². The molecule has 74 heavy (non-hydrogen) atoms. The van der Waals surface area contributed by atoms with E-state index in [1.165, 1.54) is 0 Å². The van der Waals surface area contributed by atoms with Gasteiger partial charge in [-0.3, -0.25) is 76.1 Å². The zero-order chi connectivity index (χ0) is 55.4. The number of amides is 12. The number of rotatable bonds is 38. The molecule has 1 fully saturated rings. The molecule has 1 aliphatic carbocycles. The second kappa shape index (κ2) is 37.2. The predicted octanol–water partition coefficient (Wildman–Crippen LogP) is -10.5. The SMILES string of the molecule is CCCC(NC(=O)CNC(=O)CNC(=O)CNC(=O)CNC(=O)CNC(=O)CNC(=O)CNC(=O)CNC(=O)CNC(=O)CCOCCOCCOCCC(=O)OC1C(=O)CC(S(=O)[O-])C1=O)C(=O)NCC(N)=O. The van der Waals surface area contributed by atoms with Gasteiger partial charge >= 0.3 is 5.97 Å². The molecule has 4 unspecified atom stereocenters. The smallest absolute Gasteiger partial charge is 0.309 e. The first-order valence-corrected chi connectivity index (χ1v) is 23.6. The fourth-order valence-corrected chi connectivity index (χ4v) is 5.97. The van der Waals surface area contributed by atoms with Crippen molar-refractivity contribution >= 4 is 99.5 Å². The molecule has 33 nitrogen and oxygen atoms in total. The summed E-state index contributed by atoms with van der Waals surface area (Å²) in [6, 6.07) is -0.980. The quantitative estimate of drug-likeness (QED) is 0.0118. The molecule has 0 heterocycles. The summed E-state index contributed by atoms with van der Waals surface area (Å²) >= 11 is -2.80. The summed E-state index contributed by atoms with van der Waals surface area (Å²) in [4.78, 5) is 179. The van der Waals surface area contributed by atoms with Gasteiger partial charge in [-0.2, -0.15) is 0 Å². The molecule has 1 saturated carbocycles. The number of nitrogens with one attached hydrogen (secondary N) is 11. The van der Waals surface area contributed by atoms with Crippen molar-refractivity contribution in [1.29, 1.82) is 0 Å². The lowest BCUT2D eigenvalue weighted by molar-refractivity contribution is -0.158. The minimum Gasteiger partial charge on any atom is -0.772 e. The molecule has 12 amide bonds. The third-order valence-corrected chi connectivity index (χ3v) is 9.95. The van der Waals surface area contributed by atoms with Crippen molar-refractivity contribution in [3.05, 3.63) is 0 Å². The third kappa shape index (κ3) is 31.0. The molecular weight excluding hydrogens is 1020 g/mol. The topological polar surface area (TPSA) is 491 Å². The van der Waals surface area contributed by atoms with Crippen LogP contribution in [-0.4, -0.2) is 220 Å². The standard InChI is InChI=1S/C40H62N12O21S/c1-2-3-23(40(67)51-13-26(41)54)52-36(64)22-50-35(63)21-49-34(62)20-48-33(61)19-47-32(60)18-46-31(59)17-45-30(58)16-44-29(57)15-43-28(56)14-42-27(55)4-6-70-8-10-72-11-9-71-7-5-37(65)73-39-24(53)12-25(38(39)66)74(68)69/h23,25,39H,2-22H2,1H3,(H2,41,54)(H,42,55)(H,43,56)(H,44,57)(H,45,58)(H,46,59)(H,47,60)(H,48,61)(H,49,62)(H,50,63)(H,51,67)(H,52,64)(H,68,69)/p-1. The fraction of sp³-hybridized carbons (Fsp3) is 0.625. The van der Waals surface area contributed by atoms with Crippen molar-refractivity contribution in [3.63, 3.8) is 0 Å². The normalized spacial score (nSPS) is 14.4. The van der Waals surface area contributed by atoms with Crippen LogP contribution < -0.4 is 64.2 Å². The predicted molar refractivity (Wildman–Crippen MR) is 245 cm³/mol. The molecule has 1 rings (SSSR count). The summed E-state index contributed by atoms with van der Waals surface area (Å²) in [6.07, 6.45) is -1.94. The van der Waals surface area contributed by atoms with E-state index in [4.69, 9.17) is 24.7 Å². The zero-order valence-corrected chi connectivity index (χ0v) is 41.0. The van der Waals surface area contributed by atoms with Gasteiger partial charge in [-0.25, -0.2) is 0 Å². The van der Waals surface area contributed by atoms with Crippen LogP contribution in [0, 0.1) is 0 Å². The molecule has 13 N–H and O–H groups in total. The number of Topliss-reactive ketones (excluding diaryl/α,β-unsaturated/α-hetero) is 2. The average molecular weight is 1080 g/mol. The minimum absolute atomic E-state index is 0.0159. The molecule has 0 aliphatic heterocycles. The molecule has 1 aliphatic rings. The van der Waals surface area contributed by atoms with Crippen LogP contribution in [0.5, 0.6) is 0 Å². The number of carbonyl (C=O) groups is 15. The molecule has 0 aromatic heterocycles. The van der Waals surface area contributed by atoms with Crippen LogP contribution in [0.15, 0.2) is 0 Å². The Morgan fingerprint density at radius 2 is 0.878 bits per heavy atom. The van der Waals surface area contributed by atoms with Crippen LogP contribution in [-0.2, 0) is 102 Å². The third-order valence-electron chi connectivity index (χ3n) is 9.09. The summed E-state index contributed by atoms with van der Waals surface area (Å²) in [6.45, 7) is -3.52. The number of ketones is 2. The molecule has 0 bridgehead atoms. The first kappa shape index (κ1) is 64.5. The summed E-state index contributed by atoms with van der Waals surface area (Å²) in [5.41, 5.74) is 4.99. The summed E-state index contributed by atoms with van der Waals surface area (Å²) in [5.74, 6) is -11.7. The maximum atomic E-state index is 12.2. The van der Waals surface area contributed by atoms with Gasteiger partial charge in [0, 0.05) is 12.8 Å². The van der Waals surface area contributed by atoms with E-state index in [2.05, 4.69) is 58.5 Å². The summed E-state index contributed by atoms with van der Waals surface area (Å²) in [5, 5.41) is 23.0. The van der Waals surface area contributed by atoms with Crippen molar-refractivity contribution in [3.8, 4) is 0 Å². The first-order chi connectivity index (χ1) is 35.1. The molecule has 0 spiro atoms. The number of nitrogens with two attached hydrogens (primary N) is 1. The van der Waals surface area contributed by atoms with E-state index in [0.717, 1.165) is 0 Å². The maximum absolute atomic E-state index is 12.2. The van der Waals surface area contributed by atoms with Gasteiger partial charge in [-0.15, -0.1) is 0 Å². The number of carbonyl (C=O) groups excluding carboxylic acids is 15. The van der Waals surface area contributed by atoms with Gasteiger partial charge in [0.25, 0.3) is 0 Å². The highest BCUT2D eigenvalue weighted by Crippen LogP contribution is 2.19. The molecule has 0 radical (unpaired) electrons. The Balaban J connectivity index is 2.05. The van der Waals surface area contributed by atoms with Crippen LogP contribution in [0.4, 0.5) is 0 Å². The number of hydrogen-bond donors (Lipinski definition) is 12. The second-order valence-electron chi connectivity index (χ2n) is 15.1. The minimum atomic E-state index is -2.80. The van der Waals surface area contributed by atoms with Crippen molar-refractivity contribution in [1.82, 2.24) is 58.5 Å². The van der Waals surface area contributed by atoms with E-state index in [1.807, 2.05) is 0 Å². The van der Waals surface area contributed by atoms with Gasteiger partial charge in [0.05, 0.1) is 117 Å². The highest BCUT2D eigenvalue weighted by Gasteiger charge is 2.44. The lowest BCUT2D eigenvalue weighted by Crippen LogP contribution is -2.51. The molecule has 0 aromatic rings. The van der Waals surface area contributed by atoms with E-state index in [1.54, 1.807) is 6.92 Å². The van der Waals surface area contributed by atoms with E-state index < -0.39 is 189 Å². The highest BCUT2D eigenvalue weighted by molar-refractivity contribution is 7.80. The zero-order valence-electron chi connectivity index (χ0n) is 40.1. The Morgan fingerprint density at radius 3 is 1.23 bits per heavy atom. The molecular formula is C40H61N12O21S-. The van der Waals surface area contributed by atoms with Crippen LogP contribution in [0.1, 0.15) is 39.0 Å². The van der Waals surface area contributed by atoms with Gasteiger partial charge < -0.3 is 87.7 Å². The van der Waals surface area contributed by atoms with E-state index in [9.17, 15) is 80.7 Å². The van der Waals surface area contributed by atoms with Crippen molar-refractivity contribution in [2.45, 2.75) is 56.4 Å². The van der Waals surface area contributed by atoms with E-state index in [-0.39, 0.29) is 58.9 Å². The van der Waals surface area contributed by atoms with E-state index >= 15 is 0 Å². The Bertz CT molecular complexity index is 2060. The van der Waals surface area contributed by atoms with Crippen LogP contribution >= 0.6 is 0 Å². The van der Waals surface area contributed by atoms with Crippen LogP contribution in [0.2, 0.25) is 0 Å². The number of ether oxygens (including phenoxy) is 4. The monoisotopic (exact) mass is 1080 g/mol. The van der Waals surface area contributed by atoms with Crippen molar-refractivity contribution in [2.24, 2.45) is 5.73 Å². The average Bonchev–Trinajstić information content (AvgIpc) is 3.64. The van der Waals surface area contributed by atoms with E-state index in [0.29, 0.717) is 6.42 Å². The highest BCUT2D eigenvalue weighted by atomic mass is 32.2. The summed E-state index contributed by atoms with van der Waals surface area (Å²) < 4.78 is 42.5.